The van der Waals surface area contributed by atoms with Crippen LogP contribution < -0.4 is 0 Å². The van der Waals surface area contributed by atoms with Gasteiger partial charge in [0.2, 0.25) is 0 Å². The largest absolute Gasteiger partial charge is 0.256 e. The molecule has 20 heavy (non-hydrogen) atoms. The van der Waals surface area contributed by atoms with E-state index < -0.39 is 0 Å². The van der Waals surface area contributed by atoms with E-state index in [1.54, 1.807) is 0 Å². The smallest absolute Gasteiger partial charge is 0.0630 e. The molecule has 1 heterocycles. The lowest BCUT2D eigenvalue weighted by atomic mass is 10.1. The van der Waals surface area contributed by atoms with Crippen molar-refractivity contribution < 1.29 is 0 Å². The molecule has 96 valence electrons. The summed E-state index contributed by atoms with van der Waals surface area (Å²) < 4.78 is 0. The fraction of sp³-hybridized carbons (Fsp3) is 0. The number of pyridine rings is 1. The highest BCUT2D eigenvalue weighted by atomic mass is 14.7. The van der Waals surface area contributed by atoms with Crippen molar-refractivity contribution in [1.82, 2.24) is 4.98 Å². The van der Waals surface area contributed by atoms with E-state index in [1.807, 2.05) is 54.7 Å². The number of benzene rings is 2. The van der Waals surface area contributed by atoms with Gasteiger partial charge in [-0.2, -0.15) is 0 Å². The van der Waals surface area contributed by atoms with Crippen LogP contribution in [0.1, 0.15) is 11.3 Å². The first-order valence-corrected chi connectivity index (χ1v) is 6.66. The molecule has 1 aromatic heterocycles. The minimum Gasteiger partial charge on any atom is -0.256 e. The number of aromatic nitrogens is 1. The van der Waals surface area contributed by atoms with E-state index >= 15 is 0 Å². The van der Waals surface area contributed by atoms with E-state index in [2.05, 4.69) is 41.4 Å². The van der Waals surface area contributed by atoms with Gasteiger partial charge >= 0.3 is 0 Å². The zero-order valence-electron chi connectivity index (χ0n) is 11.1. The molecule has 0 fully saturated rings. The fourth-order valence-electron chi connectivity index (χ4n) is 2.05. The Hall–Kier alpha value is -2.67. The first-order valence-electron chi connectivity index (χ1n) is 6.66. The third kappa shape index (κ3) is 3.01. The molecule has 1 heteroatoms. The Morgan fingerprint density at radius 1 is 0.600 bits per heavy atom. The normalized spacial score (nSPS) is 10.8. The first kappa shape index (κ1) is 12.4. The van der Waals surface area contributed by atoms with Crippen LogP contribution in [0.2, 0.25) is 0 Å². The molecule has 0 saturated carbocycles. The summed E-state index contributed by atoms with van der Waals surface area (Å²) in [5.41, 5.74) is 4.48. The highest BCUT2D eigenvalue weighted by Gasteiger charge is 1.96. The Morgan fingerprint density at radius 2 is 1.30 bits per heavy atom. The monoisotopic (exact) mass is 257 g/mol. The molecule has 0 aliphatic carbocycles. The molecule has 1 nitrogen and oxygen atoms in total. The van der Waals surface area contributed by atoms with Crippen LogP contribution in [0.15, 0.2) is 79.0 Å². The van der Waals surface area contributed by atoms with Gasteiger partial charge in [-0.05, 0) is 23.3 Å². The van der Waals surface area contributed by atoms with Crippen molar-refractivity contribution in [3.8, 4) is 11.1 Å². The van der Waals surface area contributed by atoms with Gasteiger partial charge in [-0.15, -0.1) is 0 Å². The zero-order valence-corrected chi connectivity index (χ0v) is 11.1. The second kappa shape index (κ2) is 5.98. The van der Waals surface area contributed by atoms with E-state index in [-0.39, 0.29) is 0 Å². The minimum atomic E-state index is 0.966. The highest BCUT2D eigenvalue weighted by Crippen LogP contribution is 2.18. The maximum absolute atomic E-state index is 4.48. The van der Waals surface area contributed by atoms with Gasteiger partial charge in [0, 0.05) is 11.8 Å². The number of hydrogen-bond acceptors (Lipinski definition) is 1. The SMILES string of the molecule is C(=C/c1ccc(-c2ccccc2)cn1)/c1ccccc1. The van der Waals surface area contributed by atoms with E-state index in [9.17, 15) is 0 Å². The van der Waals surface area contributed by atoms with Crippen LogP contribution >= 0.6 is 0 Å². The van der Waals surface area contributed by atoms with Gasteiger partial charge in [-0.25, -0.2) is 0 Å². The van der Waals surface area contributed by atoms with Gasteiger partial charge in [0.25, 0.3) is 0 Å². The Labute approximate surface area is 119 Å². The quantitative estimate of drug-likeness (QED) is 0.649. The van der Waals surface area contributed by atoms with Crippen molar-refractivity contribution in [2.75, 3.05) is 0 Å². The summed E-state index contributed by atoms with van der Waals surface area (Å²) in [6.07, 6.45) is 6.02. The van der Waals surface area contributed by atoms with Crippen molar-refractivity contribution >= 4 is 12.2 Å². The van der Waals surface area contributed by atoms with Gasteiger partial charge in [0.1, 0.15) is 0 Å². The lowest BCUT2D eigenvalue weighted by molar-refractivity contribution is 1.30. The topological polar surface area (TPSA) is 12.9 Å². The Kier molecular flexibility index (Phi) is 3.70. The molecule has 0 spiro atoms. The van der Waals surface area contributed by atoms with Crippen LogP contribution in [-0.4, -0.2) is 4.98 Å². The predicted molar refractivity (Wildman–Crippen MR) is 85.0 cm³/mol. The van der Waals surface area contributed by atoms with Gasteiger partial charge in [0.15, 0.2) is 0 Å². The summed E-state index contributed by atoms with van der Waals surface area (Å²) in [6.45, 7) is 0. The third-order valence-electron chi connectivity index (χ3n) is 3.14. The Bertz CT molecular complexity index is 683. The van der Waals surface area contributed by atoms with Crippen LogP contribution in [0, 0.1) is 0 Å². The van der Waals surface area contributed by atoms with Crippen molar-refractivity contribution in [2.24, 2.45) is 0 Å². The zero-order chi connectivity index (χ0) is 13.6. The summed E-state index contributed by atoms with van der Waals surface area (Å²) in [6, 6.07) is 24.7. The summed E-state index contributed by atoms with van der Waals surface area (Å²) in [5.74, 6) is 0. The summed E-state index contributed by atoms with van der Waals surface area (Å²) >= 11 is 0. The minimum absolute atomic E-state index is 0.966. The lowest BCUT2D eigenvalue weighted by Gasteiger charge is -2.01. The first-order chi connectivity index (χ1) is 9.92. The number of rotatable bonds is 3. The van der Waals surface area contributed by atoms with Crippen LogP contribution in [0.25, 0.3) is 23.3 Å². The molecule has 3 rings (SSSR count). The maximum Gasteiger partial charge on any atom is 0.0630 e. The van der Waals surface area contributed by atoms with Crippen LogP contribution in [-0.2, 0) is 0 Å². The average Bonchev–Trinajstić information content (AvgIpc) is 2.55. The summed E-state index contributed by atoms with van der Waals surface area (Å²) in [5, 5.41) is 0. The van der Waals surface area contributed by atoms with Crippen molar-refractivity contribution in [3.05, 3.63) is 90.3 Å². The maximum atomic E-state index is 4.48. The van der Waals surface area contributed by atoms with Gasteiger partial charge in [-0.1, -0.05) is 72.8 Å². The Morgan fingerprint density at radius 3 is 1.95 bits per heavy atom. The van der Waals surface area contributed by atoms with Crippen LogP contribution in [0.3, 0.4) is 0 Å². The molecular weight excluding hydrogens is 242 g/mol. The molecule has 0 unspecified atom stereocenters. The van der Waals surface area contributed by atoms with Crippen molar-refractivity contribution in [1.29, 1.82) is 0 Å². The predicted octanol–water partition coefficient (Wildman–Crippen LogP) is 4.92. The van der Waals surface area contributed by atoms with E-state index in [4.69, 9.17) is 0 Å². The summed E-state index contributed by atoms with van der Waals surface area (Å²) in [7, 11) is 0. The van der Waals surface area contributed by atoms with Gasteiger partial charge < -0.3 is 0 Å². The fourth-order valence-corrected chi connectivity index (χ4v) is 2.05. The standard InChI is InChI=1S/C19H15N/c1-3-7-16(8-4-1)11-13-19-14-12-18(15-20-19)17-9-5-2-6-10-17/h1-15H/b13-11-. The van der Waals surface area contributed by atoms with Crippen LogP contribution in [0.4, 0.5) is 0 Å². The van der Waals surface area contributed by atoms with Crippen molar-refractivity contribution in [2.45, 2.75) is 0 Å². The number of hydrogen-bond donors (Lipinski definition) is 0. The summed E-state index contributed by atoms with van der Waals surface area (Å²) in [4.78, 5) is 4.48. The van der Waals surface area contributed by atoms with Gasteiger partial charge in [-0.3, -0.25) is 4.98 Å². The number of nitrogens with zero attached hydrogens (tertiary/aromatic N) is 1. The third-order valence-corrected chi connectivity index (χ3v) is 3.14. The molecule has 0 N–H and O–H groups in total. The van der Waals surface area contributed by atoms with E-state index in [0.717, 1.165) is 11.3 Å². The Balaban J connectivity index is 1.79. The molecule has 0 atom stereocenters. The molecule has 2 aromatic carbocycles. The second-order valence-electron chi connectivity index (χ2n) is 4.58. The van der Waals surface area contributed by atoms with Crippen molar-refractivity contribution in [3.63, 3.8) is 0 Å². The van der Waals surface area contributed by atoms with Crippen LogP contribution in [0.5, 0.6) is 0 Å². The molecule has 0 aliphatic rings. The second-order valence-corrected chi connectivity index (χ2v) is 4.58. The molecule has 0 saturated heterocycles. The molecule has 3 aromatic rings. The molecule has 0 bridgehead atoms. The highest BCUT2D eigenvalue weighted by molar-refractivity contribution is 5.69. The molecule has 0 amide bonds. The van der Waals surface area contributed by atoms with E-state index in [1.165, 1.54) is 11.1 Å². The molecule has 0 radical (unpaired) electrons. The lowest BCUT2D eigenvalue weighted by Crippen LogP contribution is -1.82. The molecular formula is C19H15N. The average molecular weight is 257 g/mol. The van der Waals surface area contributed by atoms with E-state index in [0.29, 0.717) is 0 Å². The van der Waals surface area contributed by atoms with Gasteiger partial charge in [0.05, 0.1) is 5.69 Å². The molecule has 0 aliphatic heterocycles.